The fourth-order valence-electron chi connectivity index (χ4n) is 1.75. The van der Waals surface area contributed by atoms with Crippen LogP contribution in [0, 0.1) is 0 Å². The van der Waals surface area contributed by atoms with E-state index in [1.54, 1.807) is 0 Å². The number of aliphatic carboxylic acids is 4. The maximum Gasteiger partial charge on any atom is 3.00 e. The fourth-order valence-corrected chi connectivity index (χ4v) is 1.75. The Bertz CT molecular complexity index is 365. The Labute approximate surface area is 147 Å². The van der Waals surface area contributed by atoms with Gasteiger partial charge in [0.25, 0.3) is 0 Å². The van der Waals surface area contributed by atoms with Crippen molar-refractivity contribution in [3.05, 3.63) is 0 Å². The van der Waals surface area contributed by atoms with Crippen LogP contribution in [0.5, 0.6) is 0 Å². The van der Waals surface area contributed by atoms with E-state index in [0.29, 0.717) is 0 Å². The molecule has 13 heteroatoms. The van der Waals surface area contributed by atoms with Crippen molar-refractivity contribution in [2.75, 3.05) is 39.3 Å². The Morgan fingerprint density at radius 2 is 0.917 bits per heavy atom. The van der Waals surface area contributed by atoms with Crippen LogP contribution in [0.3, 0.4) is 0 Å². The molecule has 0 amide bonds. The van der Waals surface area contributed by atoms with Crippen LogP contribution in [-0.4, -0.2) is 84.2 Å². The Balaban J connectivity index is -0.00000220. The van der Waals surface area contributed by atoms with Crippen LogP contribution in [0.4, 0.5) is 0 Å². The normalized spacial score (nSPS) is 10.2. The smallest absolute Gasteiger partial charge is 0.549 e. The molecule has 0 saturated heterocycles. The third kappa shape index (κ3) is 15.1. The first kappa shape index (κ1) is 27.1. The summed E-state index contributed by atoms with van der Waals surface area (Å²) in [6.07, 6.45) is -1.42. The number of hydrogen-bond donors (Lipinski definition) is 2. The third-order valence-electron chi connectivity index (χ3n) is 2.35. The molecule has 0 fully saturated rings. The summed E-state index contributed by atoms with van der Waals surface area (Å²) in [5, 5.41) is 51.5. The van der Waals surface area contributed by atoms with Crippen LogP contribution in [-0.2, 0) is 36.2 Å². The number of rotatable bonds is 12. The van der Waals surface area contributed by atoms with E-state index in [2.05, 4.69) is 0 Å². The molecule has 0 saturated carbocycles. The molecule has 0 atom stereocenters. The molecular weight excluding hydrogens is 374 g/mol. The predicted octanol–water partition coefficient (Wildman–Crippen LogP) is -7.68. The monoisotopic (exact) mass is 392 g/mol. The number of carboxylic acids is 4. The summed E-state index contributed by atoms with van der Waals surface area (Å²) in [5.74, 6) is -6.35. The van der Waals surface area contributed by atoms with Crippen molar-refractivity contribution in [2.24, 2.45) is 0 Å². The zero-order valence-corrected chi connectivity index (χ0v) is 13.9. The molecule has 24 heavy (non-hydrogen) atoms. The molecule has 0 aromatic heterocycles. The first-order chi connectivity index (χ1) is 10.1. The molecule has 0 aromatic carbocycles. The number of aliphatic hydroxyl groups excluding tert-OH is 1. The average Bonchev–Trinajstić information content (AvgIpc) is 2.23. The summed E-state index contributed by atoms with van der Waals surface area (Å²) in [5.41, 5.74) is 0. The molecule has 0 rings (SSSR count). The Hall–Kier alpha value is -1.76. The van der Waals surface area contributed by atoms with E-state index >= 15 is 0 Å². The van der Waals surface area contributed by atoms with E-state index in [0.717, 1.165) is 9.80 Å². The minimum absolute atomic E-state index is 0. The van der Waals surface area contributed by atoms with Crippen molar-refractivity contribution < 1.29 is 61.8 Å². The van der Waals surface area contributed by atoms with Gasteiger partial charge < -0.3 is 50.9 Å². The van der Waals surface area contributed by atoms with E-state index in [1.165, 1.54) is 0 Å². The zero-order chi connectivity index (χ0) is 17.3. The van der Waals surface area contributed by atoms with Crippen molar-refractivity contribution in [1.29, 1.82) is 0 Å². The maximum atomic E-state index is 10.5. The molecule has 0 heterocycles. The number of hydrogen-bond acceptors (Lipinski definition) is 11. The summed E-state index contributed by atoms with van der Waals surface area (Å²) in [6.45, 7) is -4.15. The van der Waals surface area contributed by atoms with Crippen molar-refractivity contribution in [2.45, 2.75) is 6.10 Å². The van der Waals surface area contributed by atoms with E-state index in [-0.39, 0.29) is 23.2 Å². The second-order valence-electron chi connectivity index (χ2n) is 4.48. The van der Waals surface area contributed by atoms with Gasteiger partial charge in [-0.1, -0.05) is 0 Å². The van der Waals surface area contributed by atoms with Gasteiger partial charge in [0.1, 0.15) is 0 Å². The van der Waals surface area contributed by atoms with Crippen LogP contribution in [0.1, 0.15) is 0 Å². The maximum absolute atomic E-state index is 10.5. The van der Waals surface area contributed by atoms with Gasteiger partial charge in [0.05, 0.1) is 30.0 Å². The van der Waals surface area contributed by atoms with Crippen LogP contribution in [0.25, 0.3) is 0 Å². The molecular formula is C11H18FeN3O9. The van der Waals surface area contributed by atoms with Gasteiger partial charge in [0.15, 0.2) is 0 Å². The van der Waals surface area contributed by atoms with E-state index in [9.17, 15) is 44.7 Å². The molecule has 0 aliphatic carbocycles. The first-order valence-corrected chi connectivity index (χ1v) is 6.02. The van der Waals surface area contributed by atoms with Crippen LogP contribution < -0.4 is 26.6 Å². The first-order valence-electron chi connectivity index (χ1n) is 6.02. The van der Waals surface area contributed by atoms with E-state index in [1.807, 2.05) is 0 Å². The summed E-state index contributed by atoms with van der Waals surface area (Å²) < 4.78 is 0. The van der Waals surface area contributed by atoms with Gasteiger partial charge in [-0.2, -0.15) is 0 Å². The summed E-state index contributed by atoms with van der Waals surface area (Å²) >= 11 is 0. The molecule has 1 radical (unpaired) electrons. The second kappa shape index (κ2) is 13.7. The Morgan fingerprint density at radius 3 is 1.08 bits per heavy atom. The Kier molecular flexibility index (Phi) is 15.4. The van der Waals surface area contributed by atoms with Gasteiger partial charge in [-0.05, 0) is 0 Å². The molecule has 0 spiro atoms. The van der Waals surface area contributed by atoms with Crippen molar-refractivity contribution in [3.63, 3.8) is 0 Å². The van der Waals surface area contributed by atoms with E-state index in [4.69, 9.17) is 0 Å². The molecule has 0 aliphatic heterocycles. The summed E-state index contributed by atoms with van der Waals surface area (Å²) in [4.78, 5) is 43.4. The summed E-state index contributed by atoms with van der Waals surface area (Å²) in [6, 6.07) is 0. The second-order valence-corrected chi connectivity index (χ2v) is 4.48. The topological polar surface area (TPSA) is 224 Å². The van der Waals surface area contributed by atoms with Crippen LogP contribution in [0.2, 0.25) is 0 Å². The minimum Gasteiger partial charge on any atom is -0.549 e. The number of aliphatic hydroxyl groups is 1. The molecule has 0 aliphatic rings. The standard InChI is InChI=1S/C11H18N2O9.Fe.H3N/c14-7(1-12(3-8(15)16)4-9(17)18)2-13(5-10(19)20)6-11(21)22;;/h7,14H,1-6H2,(H,15,16)(H,17,18)(H,19,20)(H,21,22);;1H3/q;+3;/p-3. The van der Waals surface area contributed by atoms with Gasteiger partial charge in [-0.25, -0.2) is 0 Å². The fraction of sp³-hybridized carbons (Fsp3) is 0.636. The average molecular weight is 392 g/mol. The SMILES string of the molecule is O=C([O-])CN(CC(=O)[O-])CC(O)CN(CC(=O)[O-])CC(=O)[O-].[Fe+3].[NH4+]. The number of quaternary nitrogens is 1. The minimum atomic E-state index is -1.59. The quantitative estimate of drug-likeness (QED) is 0.297. The molecule has 139 valence electrons. The molecule has 12 nitrogen and oxygen atoms in total. The van der Waals surface area contributed by atoms with Crippen LogP contribution in [0.15, 0.2) is 0 Å². The van der Waals surface area contributed by atoms with Gasteiger partial charge in [-0.3, -0.25) is 9.80 Å². The van der Waals surface area contributed by atoms with Crippen molar-refractivity contribution in [3.8, 4) is 0 Å². The van der Waals surface area contributed by atoms with Crippen molar-refractivity contribution in [1.82, 2.24) is 16.0 Å². The predicted molar refractivity (Wildman–Crippen MR) is 64.9 cm³/mol. The number of carbonyl (C=O) groups excluding carboxylic acids is 4. The van der Waals surface area contributed by atoms with Crippen molar-refractivity contribution >= 4 is 23.9 Å². The molecule has 5 N–H and O–H groups in total. The largest absolute Gasteiger partial charge is 3.00 e. The molecule has 0 unspecified atom stereocenters. The number of nitrogens with zero attached hydrogens (tertiary/aromatic N) is 2. The summed E-state index contributed by atoms with van der Waals surface area (Å²) in [7, 11) is 0. The Morgan fingerprint density at radius 1 is 0.708 bits per heavy atom. The molecule has 0 aromatic rings. The van der Waals surface area contributed by atoms with E-state index < -0.39 is 69.2 Å². The zero-order valence-electron chi connectivity index (χ0n) is 12.8. The number of carbonyl (C=O) groups is 4. The van der Waals surface area contributed by atoms with Crippen LogP contribution >= 0.6 is 0 Å². The molecule has 0 bridgehead atoms. The third-order valence-corrected chi connectivity index (χ3v) is 2.35. The van der Waals surface area contributed by atoms with Gasteiger partial charge in [0.2, 0.25) is 0 Å². The van der Waals surface area contributed by atoms with Gasteiger partial charge in [-0.15, -0.1) is 0 Å². The van der Waals surface area contributed by atoms with Gasteiger partial charge >= 0.3 is 17.1 Å². The number of carboxylic acid groups (broad SMARTS) is 4. The van der Waals surface area contributed by atoms with Gasteiger partial charge in [0, 0.05) is 39.3 Å².